The average molecular weight is 466 g/mol. The molecule has 0 aromatic carbocycles. The van der Waals surface area contributed by atoms with Gasteiger partial charge in [-0.15, -0.1) is 0 Å². The average Bonchev–Trinajstić information content (AvgIpc) is 3.31. The van der Waals surface area contributed by atoms with Crippen LogP contribution in [-0.4, -0.2) is 49.2 Å². The summed E-state index contributed by atoms with van der Waals surface area (Å²) in [6.07, 6.45) is -0.510. The second-order valence-electron chi connectivity index (χ2n) is 9.06. The summed E-state index contributed by atoms with van der Waals surface area (Å²) in [5.41, 5.74) is 3.45. The molecular weight excluding hydrogens is 438 g/mol. The minimum Gasteiger partial charge on any atom is -0.482 e. The SMILES string of the molecule is COc1cc(C(=O)O)cc2nc(-c3cc4ccc([C@@H](C)NC(=O)OC(C)(C)C)nc4[nH]3)c(C)n12. The molecule has 0 aliphatic carbocycles. The molecule has 1 amide bonds. The molecule has 34 heavy (non-hydrogen) atoms. The fourth-order valence-corrected chi connectivity index (χ4v) is 3.75. The first kappa shape index (κ1) is 23.1. The lowest BCUT2D eigenvalue weighted by atomic mass is 10.2. The third-order valence-corrected chi connectivity index (χ3v) is 5.31. The second-order valence-corrected chi connectivity index (χ2v) is 9.06. The van der Waals surface area contributed by atoms with Crippen LogP contribution in [0.4, 0.5) is 4.79 Å². The number of rotatable bonds is 5. The molecule has 4 aromatic rings. The van der Waals surface area contributed by atoms with Crippen LogP contribution < -0.4 is 10.1 Å². The molecule has 3 N–H and O–H groups in total. The number of pyridine rings is 2. The number of hydrogen-bond donors (Lipinski definition) is 3. The van der Waals surface area contributed by atoms with Gasteiger partial charge in [0.1, 0.15) is 22.6 Å². The summed E-state index contributed by atoms with van der Waals surface area (Å²) in [6.45, 7) is 9.14. The van der Waals surface area contributed by atoms with E-state index >= 15 is 0 Å². The molecule has 10 heteroatoms. The van der Waals surface area contributed by atoms with Crippen molar-refractivity contribution in [1.29, 1.82) is 0 Å². The Morgan fingerprint density at radius 1 is 1.18 bits per heavy atom. The smallest absolute Gasteiger partial charge is 0.408 e. The molecule has 4 rings (SSSR count). The van der Waals surface area contributed by atoms with Gasteiger partial charge in [0, 0.05) is 11.5 Å². The number of amides is 1. The number of carboxylic acids is 1. The zero-order chi connectivity index (χ0) is 24.8. The quantitative estimate of drug-likeness (QED) is 0.396. The van der Waals surface area contributed by atoms with Crippen LogP contribution in [0.1, 0.15) is 55.5 Å². The van der Waals surface area contributed by atoms with E-state index in [0.29, 0.717) is 28.6 Å². The summed E-state index contributed by atoms with van der Waals surface area (Å²) < 4.78 is 12.5. The Balaban J connectivity index is 1.69. The van der Waals surface area contributed by atoms with E-state index in [1.807, 2.05) is 32.0 Å². The molecule has 0 aliphatic rings. The number of nitrogens with one attached hydrogen (secondary N) is 2. The summed E-state index contributed by atoms with van der Waals surface area (Å²) in [5, 5.41) is 13.1. The number of methoxy groups -OCH3 is 1. The minimum atomic E-state index is -1.06. The van der Waals surface area contributed by atoms with Gasteiger partial charge in [-0.25, -0.2) is 19.6 Å². The topological polar surface area (TPSA) is 131 Å². The molecule has 178 valence electrons. The van der Waals surface area contributed by atoms with Crippen molar-refractivity contribution in [1.82, 2.24) is 24.7 Å². The van der Waals surface area contributed by atoms with E-state index in [-0.39, 0.29) is 11.6 Å². The van der Waals surface area contributed by atoms with Crippen LogP contribution in [-0.2, 0) is 4.74 Å². The second kappa shape index (κ2) is 8.36. The van der Waals surface area contributed by atoms with E-state index in [0.717, 1.165) is 16.8 Å². The predicted molar refractivity (Wildman–Crippen MR) is 126 cm³/mol. The molecular formula is C24H27N5O5. The van der Waals surface area contributed by atoms with Crippen molar-refractivity contribution in [2.24, 2.45) is 0 Å². The van der Waals surface area contributed by atoms with E-state index in [1.165, 1.54) is 19.2 Å². The van der Waals surface area contributed by atoms with Crippen LogP contribution >= 0.6 is 0 Å². The molecule has 0 bridgehead atoms. The van der Waals surface area contributed by atoms with Gasteiger partial charge in [-0.3, -0.25) is 4.40 Å². The van der Waals surface area contributed by atoms with Gasteiger partial charge in [0.2, 0.25) is 0 Å². The molecule has 0 unspecified atom stereocenters. The number of nitrogens with zero attached hydrogens (tertiary/aromatic N) is 3. The molecule has 0 fully saturated rings. The Hall–Kier alpha value is -4.08. The number of imidazole rings is 1. The number of hydrogen-bond acceptors (Lipinski definition) is 6. The summed E-state index contributed by atoms with van der Waals surface area (Å²) in [6, 6.07) is 8.30. The Bertz CT molecular complexity index is 1410. The van der Waals surface area contributed by atoms with Crippen molar-refractivity contribution >= 4 is 28.7 Å². The number of aromatic nitrogens is 4. The van der Waals surface area contributed by atoms with Gasteiger partial charge in [-0.1, -0.05) is 0 Å². The van der Waals surface area contributed by atoms with Crippen molar-refractivity contribution in [3.8, 4) is 17.3 Å². The van der Waals surface area contributed by atoms with Gasteiger partial charge in [0.05, 0.1) is 35.8 Å². The van der Waals surface area contributed by atoms with Crippen molar-refractivity contribution in [3.05, 3.63) is 47.3 Å². The number of alkyl carbamates (subject to hydrolysis) is 1. The molecule has 10 nitrogen and oxygen atoms in total. The standard InChI is InChI=1S/C24H27N5O5/c1-12(25-23(32)34-24(3,4)5)16-8-7-14-9-17(27-21(14)26-16)20-13(2)29-18(28-20)10-15(22(30)31)11-19(29)33-6/h7-12H,1-6H3,(H,25,32)(H,26,27)(H,30,31)/t12-/m1/s1. The molecule has 1 atom stereocenters. The number of aromatic carboxylic acids is 1. The highest BCUT2D eigenvalue weighted by Crippen LogP contribution is 2.30. The van der Waals surface area contributed by atoms with Gasteiger partial charge >= 0.3 is 12.1 Å². The van der Waals surface area contributed by atoms with Crippen LogP contribution in [0.3, 0.4) is 0 Å². The van der Waals surface area contributed by atoms with Crippen LogP contribution in [0.25, 0.3) is 28.1 Å². The minimum absolute atomic E-state index is 0.0929. The van der Waals surface area contributed by atoms with Crippen molar-refractivity contribution in [3.63, 3.8) is 0 Å². The van der Waals surface area contributed by atoms with E-state index in [2.05, 4.69) is 20.3 Å². The highest BCUT2D eigenvalue weighted by atomic mass is 16.6. The maximum atomic E-state index is 12.1. The fraction of sp³-hybridized carbons (Fsp3) is 0.333. The predicted octanol–water partition coefficient (Wildman–Crippen LogP) is 4.48. The number of fused-ring (bicyclic) bond motifs is 2. The first-order valence-corrected chi connectivity index (χ1v) is 10.8. The van der Waals surface area contributed by atoms with Crippen molar-refractivity contribution in [2.45, 2.75) is 46.3 Å². The number of H-pyrrole nitrogens is 1. The Morgan fingerprint density at radius 3 is 2.56 bits per heavy atom. The maximum absolute atomic E-state index is 12.1. The molecule has 0 aliphatic heterocycles. The molecule has 0 saturated carbocycles. The third kappa shape index (κ3) is 4.39. The van der Waals surface area contributed by atoms with Crippen molar-refractivity contribution < 1.29 is 24.2 Å². The van der Waals surface area contributed by atoms with Gasteiger partial charge < -0.3 is 24.9 Å². The van der Waals surface area contributed by atoms with E-state index in [4.69, 9.17) is 9.47 Å². The molecule has 4 aromatic heterocycles. The van der Waals surface area contributed by atoms with E-state index in [9.17, 15) is 14.7 Å². The summed E-state index contributed by atoms with van der Waals surface area (Å²) >= 11 is 0. The van der Waals surface area contributed by atoms with Gasteiger partial charge in [-0.2, -0.15) is 0 Å². The van der Waals surface area contributed by atoms with Crippen molar-refractivity contribution in [2.75, 3.05) is 7.11 Å². The number of carbonyl (C=O) groups is 2. The Labute approximate surface area is 195 Å². The number of carboxylic acid groups (broad SMARTS) is 1. The van der Waals surface area contributed by atoms with Gasteiger partial charge in [0.25, 0.3) is 0 Å². The number of aromatic amines is 1. The monoisotopic (exact) mass is 465 g/mol. The third-order valence-electron chi connectivity index (χ3n) is 5.31. The normalized spacial score (nSPS) is 12.6. The van der Waals surface area contributed by atoms with E-state index in [1.54, 1.807) is 25.2 Å². The highest BCUT2D eigenvalue weighted by molar-refractivity contribution is 5.90. The molecule has 0 spiro atoms. The zero-order valence-electron chi connectivity index (χ0n) is 19.9. The molecule has 0 radical (unpaired) electrons. The molecule has 4 heterocycles. The zero-order valence-corrected chi connectivity index (χ0v) is 19.9. The van der Waals surface area contributed by atoms with Crippen LogP contribution in [0, 0.1) is 6.92 Å². The first-order chi connectivity index (χ1) is 16.0. The van der Waals surface area contributed by atoms with Crippen LogP contribution in [0.2, 0.25) is 0 Å². The van der Waals surface area contributed by atoms with E-state index < -0.39 is 17.7 Å². The number of aryl methyl sites for hydroxylation is 1. The lowest BCUT2D eigenvalue weighted by Gasteiger charge is -2.21. The Morgan fingerprint density at radius 2 is 1.91 bits per heavy atom. The maximum Gasteiger partial charge on any atom is 0.408 e. The summed E-state index contributed by atoms with van der Waals surface area (Å²) in [7, 11) is 1.49. The largest absolute Gasteiger partial charge is 0.482 e. The van der Waals surface area contributed by atoms with Gasteiger partial charge in [0.15, 0.2) is 5.88 Å². The summed E-state index contributed by atoms with van der Waals surface area (Å²) in [4.78, 5) is 36.2. The van der Waals surface area contributed by atoms with Crippen LogP contribution in [0.5, 0.6) is 5.88 Å². The van der Waals surface area contributed by atoms with Gasteiger partial charge in [-0.05, 0) is 58.9 Å². The highest BCUT2D eigenvalue weighted by Gasteiger charge is 2.21. The summed E-state index contributed by atoms with van der Waals surface area (Å²) in [5.74, 6) is -0.677. The first-order valence-electron chi connectivity index (χ1n) is 10.8. The Kier molecular flexibility index (Phi) is 5.68. The molecule has 0 saturated heterocycles. The van der Waals surface area contributed by atoms with Crippen LogP contribution in [0.15, 0.2) is 30.3 Å². The lowest BCUT2D eigenvalue weighted by molar-refractivity contribution is 0.0506. The fourth-order valence-electron chi connectivity index (χ4n) is 3.75. The lowest BCUT2D eigenvalue weighted by Crippen LogP contribution is -2.34. The number of ether oxygens (including phenoxy) is 2. The number of carbonyl (C=O) groups excluding carboxylic acids is 1.